The van der Waals surface area contributed by atoms with Crippen molar-refractivity contribution in [2.45, 2.75) is 58.5 Å². The quantitative estimate of drug-likeness (QED) is 0.500. The number of benzene rings is 1. The Morgan fingerprint density at radius 3 is 2.50 bits per heavy atom. The second kappa shape index (κ2) is 11.7. The Labute approximate surface area is 200 Å². The van der Waals surface area contributed by atoms with Crippen LogP contribution in [-0.4, -0.2) is 47.5 Å². The van der Waals surface area contributed by atoms with E-state index in [-0.39, 0.29) is 30.0 Å². The predicted octanol–water partition coefficient (Wildman–Crippen LogP) is 4.51. The van der Waals surface area contributed by atoms with E-state index in [1.54, 1.807) is 19.2 Å². The Morgan fingerprint density at radius 2 is 1.85 bits per heavy atom. The van der Waals surface area contributed by atoms with Gasteiger partial charge in [0.1, 0.15) is 11.8 Å². The second-order valence-corrected chi connectivity index (χ2v) is 9.38. The van der Waals surface area contributed by atoms with Crippen LogP contribution in [0.3, 0.4) is 0 Å². The third-order valence-electron chi connectivity index (χ3n) is 6.21. The lowest BCUT2D eigenvalue weighted by molar-refractivity contribution is -0.124. The van der Waals surface area contributed by atoms with Gasteiger partial charge in [0.05, 0.1) is 0 Å². The Kier molecular flexibility index (Phi) is 8.73. The van der Waals surface area contributed by atoms with E-state index in [0.29, 0.717) is 12.3 Å². The largest absolute Gasteiger partial charge is 0.465 e. The molecule has 1 fully saturated rings. The SMILES string of the molecule is CNC(=O)[C@@H](NC(=O)c1ccc(-c2cccc(CN(CC(C)C)C(=O)O)c2)o1)C1CCCCC1. The van der Waals surface area contributed by atoms with E-state index in [1.165, 1.54) is 4.90 Å². The van der Waals surface area contributed by atoms with Crippen LogP contribution in [0.15, 0.2) is 40.8 Å². The molecule has 0 spiro atoms. The molecule has 1 aromatic carbocycles. The number of amides is 3. The summed E-state index contributed by atoms with van der Waals surface area (Å²) in [7, 11) is 1.58. The van der Waals surface area contributed by atoms with Crippen molar-refractivity contribution in [3.8, 4) is 11.3 Å². The van der Waals surface area contributed by atoms with Crippen LogP contribution in [0.4, 0.5) is 4.79 Å². The summed E-state index contributed by atoms with van der Waals surface area (Å²) in [5, 5.41) is 15.0. The van der Waals surface area contributed by atoms with Crippen molar-refractivity contribution in [2.75, 3.05) is 13.6 Å². The lowest BCUT2D eigenvalue weighted by atomic mass is 9.83. The zero-order chi connectivity index (χ0) is 24.7. The minimum absolute atomic E-state index is 0.117. The topological polar surface area (TPSA) is 112 Å². The number of rotatable bonds is 9. The average Bonchev–Trinajstić information content (AvgIpc) is 3.32. The molecule has 3 N–H and O–H groups in total. The summed E-state index contributed by atoms with van der Waals surface area (Å²) in [6, 6.07) is 10.2. The smallest absolute Gasteiger partial charge is 0.407 e. The van der Waals surface area contributed by atoms with E-state index in [4.69, 9.17) is 4.42 Å². The molecule has 1 aliphatic carbocycles. The maximum atomic E-state index is 12.9. The summed E-state index contributed by atoms with van der Waals surface area (Å²) in [5.74, 6) is 0.369. The maximum Gasteiger partial charge on any atom is 0.407 e. The molecule has 184 valence electrons. The summed E-state index contributed by atoms with van der Waals surface area (Å²) >= 11 is 0. The molecule has 0 radical (unpaired) electrons. The first-order valence-electron chi connectivity index (χ1n) is 12.0. The van der Waals surface area contributed by atoms with Crippen LogP contribution in [0.1, 0.15) is 62.1 Å². The van der Waals surface area contributed by atoms with Gasteiger partial charge in [-0.3, -0.25) is 9.59 Å². The van der Waals surface area contributed by atoms with Crippen molar-refractivity contribution in [2.24, 2.45) is 11.8 Å². The minimum Gasteiger partial charge on any atom is -0.465 e. The van der Waals surface area contributed by atoms with E-state index in [1.807, 2.05) is 38.1 Å². The number of hydrogen-bond acceptors (Lipinski definition) is 4. The van der Waals surface area contributed by atoms with Crippen LogP contribution in [0.5, 0.6) is 0 Å². The van der Waals surface area contributed by atoms with Crippen molar-refractivity contribution in [1.82, 2.24) is 15.5 Å². The Hall–Kier alpha value is -3.29. The van der Waals surface area contributed by atoms with Gasteiger partial charge in [0.2, 0.25) is 5.91 Å². The zero-order valence-electron chi connectivity index (χ0n) is 20.2. The van der Waals surface area contributed by atoms with Gasteiger partial charge in [0.15, 0.2) is 5.76 Å². The zero-order valence-corrected chi connectivity index (χ0v) is 20.2. The van der Waals surface area contributed by atoms with Crippen LogP contribution >= 0.6 is 0 Å². The van der Waals surface area contributed by atoms with E-state index in [0.717, 1.165) is 43.2 Å². The van der Waals surface area contributed by atoms with Crippen molar-refractivity contribution in [3.05, 3.63) is 47.7 Å². The van der Waals surface area contributed by atoms with Crippen molar-refractivity contribution < 1.29 is 23.9 Å². The first-order chi connectivity index (χ1) is 16.3. The molecule has 2 aromatic rings. The molecule has 8 nitrogen and oxygen atoms in total. The van der Waals surface area contributed by atoms with Crippen LogP contribution in [0.2, 0.25) is 0 Å². The third-order valence-corrected chi connectivity index (χ3v) is 6.21. The number of furan rings is 1. The number of likely N-dealkylation sites (N-methyl/N-ethyl adjacent to an activating group) is 1. The fourth-order valence-corrected chi connectivity index (χ4v) is 4.54. The van der Waals surface area contributed by atoms with Crippen LogP contribution in [-0.2, 0) is 11.3 Å². The van der Waals surface area contributed by atoms with Gasteiger partial charge in [-0.2, -0.15) is 0 Å². The maximum absolute atomic E-state index is 12.9. The summed E-state index contributed by atoms with van der Waals surface area (Å²) in [5.41, 5.74) is 1.58. The van der Waals surface area contributed by atoms with Gasteiger partial charge >= 0.3 is 6.09 Å². The molecule has 1 aromatic heterocycles. The minimum atomic E-state index is -0.959. The second-order valence-electron chi connectivity index (χ2n) is 9.38. The standard InChI is InChI=1S/C26H35N3O5/c1-17(2)15-29(26(32)33)16-18-8-7-11-20(14-18)21-12-13-22(34-21)24(30)28-23(25(31)27-3)19-9-5-4-6-10-19/h7-8,11-14,17,19,23H,4-6,9-10,15-16H2,1-3H3,(H,27,31)(H,28,30)(H,32,33)/t23-/m0/s1. The average molecular weight is 470 g/mol. The lowest BCUT2D eigenvalue weighted by Gasteiger charge is -2.29. The van der Waals surface area contributed by atoms with Gasteiger partial charge in [-0.15, -0.1) is 0 Å². The van der Waals surface area contributed by atoms with Gasteiger partial charge in [0, 0.05) is 25.7 Å². The van der Waals surface area contributed by atoms with E-state index in [2.05, 4.69) is 10.6 Å². The summed E-state index contributed by atoms with van der Waals surface area (Å²) in [6.45, 7) is 4.66. The molecule has 0 bridgehead atoms. The molecular weight excluding hydrogens is 434 g/mol. The van der Waals surface area contributed by atoms with Crippen molar-refractivity contribution in [3.63, 3.8) is 0 Å². The Bertz CT molecular complexity index is 994. The normalized spacial score (nSPS) is 15.1. The summed E-state index contributed by atoms with van der Waals surface area (Å²) in [4.78, 5) is 38.3. The van der Waals surface area contributed by atoms with Gasteiger partial charge < -0.3 is 25.1 Å². The number of hydrogen-bond donors (Lipinski definition) is 3. The van der Waals surface area contributed by atoms with Gasteiger partial charge in [-0.05, 0) is 48.4 Å². The van der Waals surface area contributed by atoms with Crippen LogP contribution in [0, 0.1) is 11.8 Å². The Balaban J connectivity index is 1.72. The van der Waals surface area contributed by atoms with Gasteiger partial charge in [0.25, 0.3) is 5.91 Å². The van der Waals surface area contributed by atoms with Gasteiger partial charge in [-0.1, -0.05) is 51.3 Å². The highest BCUT2D eigenvalue weighted by Crippen LogP contribution is 2.28. The molecule has 0 saturated heterocycles. The Morgan fingerprint density at radius 1 is 1.12 bits per heavy atom. The molecule has 1 heterocycles. The van der Waals surface area contributed by atoms with Crippen molar-refractivity contribution in [1.29, 1.82) is 0 Å². The monoisotopic (exact) mass is 469 g/mol. The first kappa shape index (κ1) is 25.3. The highest BCUT2D eigenvalue weighted by atomic mass is 16.4. The molecule has 3 rings (SSSR count). The number of carbonyl (C=O) groups excluding carboxylic acids is 2. The number of carbonyl (C=O) groups is 3. The van der Waals surface area contributed by atoms with E-state index in [9.17, 15) is 19.5 Å². The predicted molar refractivity (Wildman–Crippen MR) is 129 cm³/mol. The number of carboxylic acid groups (broad SMARTS) is 1. The molecule has 34 heavy (non-hydrogen) atoms. The van der Waals surface area contributed by atoms with E-state index >= 15 is 0 Å². The fourth-order valence-electron chi connectivity index (χ4n) is 4.54. The molecule has 1 aliphatic rings. The highest BCUT2D eigenvalue weighted by Gasteiger charge is 2.31. The van der Waals surface area contributed by atoms with Crippen LogP contribution in [0.25, 0.3) is 11.3 Å². The molecular formula is C26H35N3O5. The number of nitrogens with one attached hydrogen (secondary N) is 2. The third kappa shape index (κ3) is 6.62. The number of nitrogens with zero attached hydrogens (tertiary/aromatic N) is 1. The molecule has 0 aliphatic heterocycles. The lowest BCUT2D eigenvalue weighted by Crippen LogP contribution is -2.50. The summed E-state index contributed by atoms with van der Waals surface area (Å²) in [6.07, 6.45) is 4.15. The first-order valence-corrected chi connectivity index (χ1v) is 12.0. The highest BCUT2D eigenvalue weighted by molar-refractivity contribution is 5.96. The van der Waals surface area contributed by atoms with Crippen molar-refractivity contribution >= 4 is 17.9 Å². The fraction of sp³-hybridized carbons (Fsp3) is 0.500. The molecule has 0 unspecified atom stereocenters. The van der Waals surface area contributed by atoms with Crippen LogP contribution < -0.4 is 10.6 Å². The molecule has 3 amide bonds. The summed E-state index contributed by atoms with van der Waals surface area (Å²) < 4.78 is 5.83. The molecule has 1 atom stereocenters. The van der Waals surface area contributed by atoms with Gasteiger partial charge in [-0.25, -0.2) is 4.79 Å². The molecule has 1 saturated carbocycles. The molecule has 8 heteroatoms. The van der Waals surface area contributed by atoms with E-state index < -0.39 is 18.0 Å².